The molecule has 2 atom stereocenters. The van der Waals surface area contributed by atoms with Crippen LogP contribution in [0.25, 0.3) is 0 Å². The van der Waals surface area contributed by atoms with E-state index < -0.39 is 10.0 Å². The van der Waals surface area contributed by atoms with E-state index in [0.29, 0.717) is 17.1 Å². The Labute approximate surface area is 119 Å². The summed E-state index contributed by atoms with van der Waals surface area (Å²) in [5, 5.41) is 9.72. The zero-order valence-electron chi connectivity index (χ0n) is 9.62. The summed E-state index contributed by atoms with van der Waals surface area (Å²) in [6.45, 7) is 0. The van der Waals surface area contributed by atoms with Gasteiger partial charge in [0, 0.05) is 12.1 Å². The molecule has 4 nitrogen and oxygen atoms in total. The second-order valence-electron chi connectivity index (χ2n) is 4.90. The zero-order valence-corrected chi connectivity index (χ0v) is 12.8. The molecule has 2 aliphatic rings. The topological polar surface area (TPSA) is 57.6 Å². The van der Waals surface area contributed by atoms with Crippen molar-refractivity contribution in [3.63, 3.8) is 0 Å². The van der Waals surface area contributed by atoms with E-state index in [1.54, 1.807) is 16.4 Å². The number of hydrogen-bond donors (Lipinski definition) is 1. The van der Waals surface area contributed by atoms with E-state index in [9.17, 15) is 13.5 Å². The zero-order chi connectivity index (χ0) is 12.9. The summed E-state index contributed by atoms with van der Waals surface area (Å²) in [6, 6.07) is 3.36. The van der Waals surface area contributed by atoms with Crippen molar-refractivity contribution in [1.29, 1.82) is 0 Å². The van der Waals surface area contributed by atoms with Gasteiger partial charge >= 0.3 is 0 Å². The number of aliphatic hydroxyl groups is 1. The second-order valence-corrected chi connectivity index (χ2v) is 9.44. The van der Waals surface area contributed by atoms with Gasteiger partial charge in [-0.05, 0) is 53.7 Å². The molecule has 2 bridgehead atoms. The van der Waals surface area contributed by atoms with Gasteiger partial charge in [0.1, 0.15) is 4.21 Å². The Kier molecular flexibility index (Phi) is 3.30. The van der Waals surface area contributed by atoms with Gasteiger partial charge in [0.15, 0.2) is 0 Å². The third-order valence-corrected chi connectivity index (χ3v) is 7.82. The minimum Gasteiger partial charge on any atom is -0.393 e. The first kappa shape index (κ1) is 13.1. The van der Waals surface area contributed by atoms with E-state index in [1.807, 2.05) is 0 Å². The fourth-order valence-corrected chi connectivity index (χ4v) is 7.04. The largest absolute Gasteiger partial charge is 0.393 e. The highest BCUT2D eigenvalue weighted by Crippen LogP contribution is 2.41. The van der Waals surface area contributed by atoms with Crippen LogP contribution in [-0.4, -0.2) is 36.0 Å². The fraction of sp³-hybridized carbons (Fsp3) is 0.636. The number of piperidine rings is 1. The van der Waals surface area contributed by atoms with Gasteiger partial charge < -0.3 is 5.11 Å². The summed E-state index contributed by atoms with van der Waals surface area (Å²) < 4.78 is 28.1. The normalized spacial score (nSPS) is 32.9. The van der Waals surface area contributed by atoms with Gasteiger partial charge in [0.2, 0.25) is 0 Å². The number of rotatable bonds is 2. The number of halogens is 1. The molecule has 3 heterocycles. The maximum absolute atomic E-state index is 12.6. The van der Waals surface area contributed by atoms with Crippen LogP contribution in [0.4, 0.5) is 0 Å². The average Bonchev–Trinajstić information content (AvgIpc) is 2.83. The number of nitrogens with zero attached hydrogens (tertiary/aromatic N) is 1. The third-order valence-electron chi connectivity index (χ3n) is 3.72. The number of sulfonamides is 1. The smallest absolute Gasteiger partial charge is 0.253 e. The lowest BCUT2D eigenvalue weighted by Crippen LogP contribution is -2.47. The van der Waals surface area contributed by atoms with Crippen molar-refractivity contribution in [2.75, 3.05) is 0 Å². The van der Waals surface area contributed by atoms with Crippen molar-refractivity contribution < 1.29 is 13.5 Å². The molecule has 3 rings (SSSR count). The first-order valence-electron chi connectivity index (χ1n) is 5.95. The summed E-state index contributed by atoms with van der Waals surface area (Å²) in [4.78, 5) is 0. The van der Waals surface area contributed by atoms with E-state index in [2.05, 4.69) is 15.9 Å². The Hall–Kier alpha value is 0.0500. The van der Waals surface area contributed by atoms with Gasteiger partial charge in [-0.2, -0.15) is 4.31 Å². The lowest BCUT2D eigenvalue weighted by molar-refractivity contribution is 0.0770. The molecule has 0 spiro atoms. The van der Waals surface area contributed by atoms with Gasteiger partial charge in [-0.25, -0.2) is 8.42 Å². The predicted molar refractivity (Wildman–Crippen MR) is 73.1 cm³/mol. The summed E-state index contributed by atoms with van der Waals surface area (Å²) in [7, 11) is -3.39. The van der Waals surface area contributed by atoms with E-state index in [1.165, 1.54) is 11.3 Å². The lowest BCUT2D eigenvalue weighted by atomic mass is 10.0. The van der Waals surface area contributed by atoms with Crippen LogP contribution in [0.2, 0.25) is 0 Å². The van der Waals surface area contributed by atoms with E-state index in [4.69, 9.17) is 0 Å². The quantitative estimate of drug-likeness (QED) is 0.888. The molecule has 100 valence electrons. The van der Waals surface area contributed by atoms with Crippen molar-refractivity contribution in [3.05, 3.63) is 15.9 Å². The minimum atomic E-state index is -3.39. The molecule has 1 N–H and O–H groups in total. The highest BCUT2D eigenvalue weighted by Gasteiger charge is 2.47. The Balaban J connectivity index is 1.96. The Morgan fingerprint density at radius 3 is 2.39 bits per heavy atom. The van der Waals surface area contributed by atoms with Crippen LogP contribution in [0.5, 0.6) is 0 Å². The van der Waals surface area contributed by atoms with Crippen LogP contribution in [0.3, 0.4) is 0 Å². The molecule has 7 heteroatoms. The third kappa shape index (κ3) is 2.06. The van der Waals surface area contributed by atoms with Gasteiger partial charge in [-0.3, -0.25) is 0 Å². The summed E-state index contributed by atoms with van der Waals surface area (Å²) in [6.07, 6.45) is 2.54. The van der Waals surface area contributed by atoms with Gasteiger partial charge in [-0.15, -0.1) is 11.3 Å². The first-order valence-corrected chi connectivity index (χ1v) is 9.00. The standard InChI is InChI=1S/C11H14BrNO3S2/c12-10-3-4-11(17-10)18(15,16)13-7-1-2-8(13)6-9(14)5-7/h3-4,7-9,14H,1-2,5-6H2. The molecule has 2 aliphatic heterocycles. The van der Waals surface area contributed by atoms with E-state index in [-0.39, 0.29) is 18.2 Å². The monoisotopic (exact) mass is 351 g/mol. The highest BCUT2D eigenvalue weighted by molar-refractivity contribution is 9.11. The molecule has 2 fully saturated rings. The number of thiophene rings is 1. The molecular formula is C11H14BrNO3S2. The Morgan fingerprint density at radius 2 is 1.89 bits per heavy atom. The maximum Gasteiger partial charge on any atom is 0.253 e. The van der Waals surface area contributed by atoms with Gasteiger partial charge in [0.25, 0.3) is 10.0 Å². The van der Waals surface area contributed by atoms with Crippen LogP contribution in [0.1, 0.15) is 25.7 Å². The van der Waals surface area contributed by atoms with Gasteiger partial charge in [0.05, 0.1) is 9.89 Å². The number of hydrogen-bond acceptors (Lipinski definition) is 4. The molecule has 1 aromatic rings. The van der Waals surface area contributed by atoms with Crippen LogP contribution in [-0.2, 0) is 10.0 Å². The summed E-state index contributed by atoms with van der Waals surface area (Å²) in [5.41, 5.74) is 0. The van der Waals surface area contributed by atoms with Crippen molar-refractivity contribution in [2.45, 2.75) is 48.1 Å². The molecule has 18 heavy (non-hydrogen) atoms. The summed E-state index contributed by atoms with van der Waals surface area (Å²) >= 11 is 4.55. The Morgan fingerprint density at radius 1 is 1.28 bits per heavy atom. The molecule has 1 aromatic heterocycles. The molecule has 0 saturated carbocycles. The van der Waals surface area contributed by atoms with Crippen LogP contribution < -0.4 is 0 Å². The molecule has 2 saturated heterocycles. The summed E-state index contributed by atoms with van der Waals surface area (Å²) in [5.74, 6) is 0. The van der Waals surface area contributed by atoms with Crippen molar-refractivity contribution >= 4 is 37.3 Å². The molecule has 0 radical (unpaired) electrons. The number of aliphatic hydroxyl groups excluding tert-OH is 1. The molecule has 2 unspecified atom stereocenters. The maximum atomic E-state index is 12.6. The average molecular weight is 352 g/mol. The molecule has 0 aromatic carbocycles. The van der Waals surface area contributed by atoms with Crippen LogP contribution in [0.15, 0.2) is 20.1 Å². The van der Waals surface area contributed by atoms with E-state index in [0.717, 1.165) is 16.6 Å². The molecule has 0 aliphatic carbocycles. The SMILES string of the molecule is O=S(=O)(c1ccc(Br)s1)N1C2CCC1CC(O)C2. The van der Waals surface area contributed by atoms with Crippen molar-refractivity contribution in [2.24, 2.45) is 0 Å². The van der Waals surface area contributed by atoms with Crippen molar-refractivity contribution in [1.82, 2.24) is 4.31 Å². The van der Waals surface area contributed by atoms with Crippen LogP contribution >= 0.6 is 27.3 Å². The number of fused-ring (bicyclic) bond motifs is 2. The molecular weight excluding hydrogens is 338 g/mol. The second kappa shape index (κ2) is 4.56. The highest BCUT2D eigenvalue weighted by atomic mass is 79.9. The fourth-order valence-electron chi connectivity index (χ4n) is 3.04. The first-order chi connectivity index (χ1) is 8.48. The van der Waals surface area contributed by atoms with E-state index >= 15 is 0 Å². The minimum absolute atomic E-state index is 0.0235. The van der Waals surface area contributed by atoms with Gasteiger partial charge in [-0.1, -0.05) is 0 Å². The Bertz CT molecular complexity index is 542. The predicted octanol–water partition coefficient (Wildman–Crippen LogP) is 2.19. The van der Waals surface area contributed by atoms with Crippen LogP contribution in [0, 0.1) is 0 Å². The lowest BCUT2D eigenvalue weighted by Gasteiger charge is -2.35. The molecule has 0 amide bonds. The van der Waals surface area contributed by atoms with Crippen molar-refractivity contribution in [3.8, 4) is 0 Å².